The molecule has 0 heteroatoms. The van der Waals surface area contributed by atoms with E-state index >= 15 is 0 Å². The molecule has 0 nitrogen and oxygen atoms in total. The van der Waals surface area contributed by atoms with Crippen LogP contribution in [-0.2, 0) is 6.42 Å². The van der Waals surface area contributed by atoms with Gasteiger partial charge in [0.2, 0.25) is 0 Å². The molecule has 1 aromatic carbocycles. The van der Waals surface area contributed by atoms with Gasteiger partial charge in [-0.05, 0) is 36.8 Å². The molecule has 0 bridgehead atoms. The molecule has 0 atom stereocenters. The van der Waals surface area contributed by atoms with E-state index in [0.29, 0.717) is 5.92 Å². The van der Waals surface area contributed by atoms with Gasteiger partial charge in [0.1, 0.15) is 0 Å². The van der Waals surface area contributed by atoms with E-state index in [-0.39, 0.29) is 0 Å². The Morgan fingerprint density at radius 1 is 1.21 bits per heavy atom. The van der Waals surface area contributed by atoms with Crippen molar-refractivity contribution in [1.29, 1.82) is 0 Å². The highest BCUT2D eigenvalue weighted by molar-refractivity contribution is 5.25. The monoisotopic (exact) mass is 188 g/mol. The minimum absolute atomic E-state index is 0.630. The molecule has 0 fully saturated rings. The Hall–Kier alpha value is -1.04. The van der Waals surface area contributed by atoms with Gasteiger partial charge in [0.05, 0.1) is 0 Å². The van der Waals surface area contributed by atoms with Crippen LogP contribution in [0.2, 0.25) is 0 Å². The van der Waals surface area contributed by atoms with Crippen molar-refractivity contribution in [3.05, 3.63) is 47.5 Å². The summed E-state index contributed by atoms with van der Waals surface area (Å²) in [5.41, 5.74) is 4.10. The predicted molar refractivity (Wildman–Crippen MR) is 63.7 cm³/mol. The van der Waals surface area contributed by atoms with Gasteiger partial charge in [-0.15, -0.1) is 6.58 Å². The lowest BCUT2D eigenvalue weighted by molar-refractivity contribution is 0.862. The third kappa shape index (κ3) is 3.37. The third-order valence-corrected chi connectivity index (χ3v) is 2.49. The molecule has 0 saturated heterocycles. The summed E-state index contributed by atoms with van der Waals surface area (Å²) in [5.74, 6) is 0.630. The highest BCUT2D eigenvalue weighted by Gasteiger charge is 1.98. The van der Waals surface area contributed by atoms with Gasteiger partial charge >= 0.3 is 0 Å². The second kappa shape index (κ2) is 4.99. The summed E-state index contributed by atoms with van der Waals surface area (Å²) in [6.45, 7) is 10.5. The molecule has 0 aromatic heterocycles. The van der Waals surface area contributed by atoms with Crippen molar-refractivity contribution in [2.75, 3.05) is 0 Å². The van der Waals surface area contributed by atoms with Crippen molar-refractivity contribution in [2.45, 2.75) is 39.5 Å². The first-order chi connectivity index (χ1) is 6.59. The predicted octanol–water partition coefficient (Wildman–Crippen LogP) is 4.32. The van der Waals surface area contributed by atoms with Gasteiger partial charge in [0.25, 0.3) is 0 Å². The maximum atomic E-state index is 3.92. The first-order valence-electron chi connectivity index (χ1n) is 5.33. The van der Waals surface area contributed by atoms with E-state index in [1.165, 1.54) is 16.7 Å². The summed E-state index contributed by atoms with van der Waals surface area (Å²) in [6, 6.07) is 8.94. The molecule has 0 unspecified atom stereocenters. The lowest BCUT2D eigenvalue weighted by Crippen LogP contribution is -1.89. The lowest BCUT2D eigenvalue weighted by atomic mass is 9.99. The molecule has 1 rings (SSSR count). The van der Waals surface area contributed by atoms with Crippen molar-refractivity contribution < 1.29 is 0 Å². The molecule has 14 heavy (non-hydrogen) atoms. The summed E-state index contributed by atoms with van der Waals surface area (Å²) in [6.07, 6.45) is 2.22. The van der Waals surface area contributed by atoms with Gasteiger partial charge in [-0.1, -0.05) is 43.7 Å². The van der Waals surface area contributed by atoms with Crippen molar-refractivity contribution in [1.82, 2.24) is 0 Å². The molecular formula is C14H20. The highest BCUT2D eigenvalue weighted by atomic mass is 14.0. The molecule has 0 aliphatic carbocycles. The van der Waals surface area contributed by atoms with E-state index in [9.17, 15) is 0 Å². The first kappa shape index (κ1) is 11.0. The van der Waals surface area contributed by atoms with Crippen LogP contribution in [0.4, 0.5) is 0 Å². The van der Waals surface area contributed by atoms with Crippen molar-refractivity contribution >= 4 is 0 Å². The summed E-state index contributed by atoms with van der Waals surface area (Å²) in [7, 11) is 0. The maximum absolute atomic E-state index is 3.92. The zero-order chi connectivity index (χ0) is 10.6. The number of allylic oxidation sites excluding steroid dienone is 1. The quantitative estimate of drug-likeness (QED) is 0.617. The Kier molecular flexibility index (Phi) is 3.94. The zero-order valence-corrected chi connectivity index (χ0v) is 9.51. The minimum atomic E-state index is 0.630. The van der Waals surface area contributed by atoms with Gasteiger partial charge in [0.15, 0.2) is 0 Å². The molecular weight excluding hydrogens is 168 g/mol. The normalized spacial score (nSPS) is 10.6. The van der Waals surface area contributed by atoms with E-state index in [4.69, 9.17) is 0 Å². The summed E-state index contributed by atoms with van der Waals surface area (Å²) >= 11 is 0. The molecule has 0 spiro atoms. The average Bonchev–Trinajstić information content (AvgIpc) is 2.15. The number of hydrogen-bond donors (Lipinski definition) is 0. The van der Waals surface area contributed by atoms with Crippen LogP contribution in [0.1, 0.15) is 44.2 Å². The maximum Gasteiger partial charge on any atom is -0.0219 e. The van der Waals surface area contributed by atoms with Crippen molar-refractivity contribution in [3.8, 4) is 0 Å². The number of hydrogen-bond acceptors (Lipinski definition) is 0. The molecule has 0 aliphatic rings. The Labute approximate surface area is 87.7 Å². The summed E-state index contributed by atoms with van der Waals surface area (Å²) in [4.78, 5) is 0. The second-order valence-corrected chi connectivity index (χ2v) is 4.35. The highest BCUT2D eigenvalue weighted by Crippen LogP contribution is 2.16. The number of aryl methyl sites for hydroxylation is 1. The van der Waals surface area contributed by atoms with Gasteiger partial charge in [-0.25, -0.2) is 0 Å². The Morgan fingerprint density at radius 2 is 1.79 bits per heavy atom. The van der Waals surface area contributed by atoms with Crippen molar-refractivity contribution in [2.24, 2.45) is 0 Å². The Balaban J connectivity index is 2.59. The molecule has 1 aromatic rings. The van der Waals surface area contributed by atoms with E-state index < -0.39 is 0 Å². The average molecular weight is 188 g/mol. The molecule has 0 saturated carbocycles. The molecule has 0 amide bonds. The van der Waals surface area contributed by atoms with Gasteiger partial charge < -0.3 is 0 Å². The standard InChI is InChI=1S/C14H20/c1-11(2)5-6-13-7-9-14(10-8-13)12(3)4/h7-10,12H,1,5-6H2,2-4H3. The smallest absolute Gasteiger partial charge is 0.0219 e. The summed E-state index contributed by atoms with van der Waals surface area (Å²) in [5, 5.41) is 0. The van der Waals surface area contributed by atoms with Crippen LogP contribution in [0.3, 0.4) is 0 Å². The third-order valence-electron chi connectivity index (χ3n) is 2.49. The van der Waals surface area contributed by atoms with Gasteiger partial charge in [-0.3, -0.25) is 0 Å². The molecule has 0 aliphatic heterocycles. The van der Waals surface area contributed by atoms with Crippen LogP contribution in [0.25, 0.3) is 0 Å². The Morgan fingerprint density at radius 3 is 2.21 bits per heavy atom. The second-order valence-electron chi connectivity index (χ2n) is 4.35. The Bertz CT molecular complexity index is 290. The van der Waals surface area contributed by atoms with Gasteiger partial charge in [-0.2, -0.15) is 0 Å². The van der Waals surface area contributed by atoms with Crippen LogP contribution in [0.15, 0.2) is 36.4 Å². The van der Waals surface area contributed by atoms with Crippen LogP contribution in [-0.4, -0.2) is 0 Å². The van der Waals surface area contributed by atoms with E-state index in [1.54, 1.807) is 0 Å². The SMILES string of the molecule is C=C(C)CCc1ccc(C(C)C)cc1. The summed E-state index contributed by atoms with van der Waals surface area (Å²) < 4.78 is 0. The lowest BCUT2D eigenvalue weighted by Gasteiger charge is -2.06. The largest absolute Gasteiger partial charge is 0.100 e. The van der Waals surface area contributed by atoms with E-state index in [2.05, 4.69) is 51.6 Å². The minimum Gasteiger partial charge on any atom is -0.100 e. The van der Waals surface area contributed by atoms with E-state index in [1.807, 2.05) is 0 Å². The fraction of sp³-hybridized carbons (Fsp3) is 0.429. The van der Waals surface area contributed by atoms with Crippen LogP contribution >= 0.6 is 0 Å². The van der Waals surface area contributed by atoms with E-state index in [0.717, 1.165) is 12.8 Å². The zero-order valence-electron chi connectivity index (χ0n) is 9.51. The van der Waals surface area contributed by atoms with Crippen molar-refractivity contribution in [3.63, 3.8) is 0 Å². The molecule has 0 heterocycles. The van der Waals surface area contributed by atoms with Crippen LogP contribution < -0.4 is 0 Å². The molecule has 76 valence electrons. The van der Waals surface area contributed by atoms with Gasteiger partial charge in [0, 0.05) is 0 Å². The van der Waals surface area contributed by atoms with Crippen LogP contribution in [0, 0.1) is 0 Å². The fourth-order valence-electron chi connectivity index (χ4n) is 1.43. The topological polar surface area (TPSA) is 0 Å². The molecule has 0 N–H and O–H groups in total. The molecule has 0 radical (unpaired) electrons. The first-order valence-corrected chi connectivity index (χ1v) is 5.33. The number of rotatable bonds is 4. The van der Waals surface area contributed by atoms with Crippen LogP contribution in [0.5, 0.6) is 0 Å². The fourth-order valence-corrected chi connectivity index (χ4v) is 1.43. The number of benzene rings is 1.